The van der Waals surface area contributed by atoms with E-state index in [9.17, 15) is 4.79 Å². The van der Waals surface area contributed by atoms with Crippen molar-refractivity contribution in [2.75, 3.05) is 5.73 Å². The van der Waals surface area contributed by atoms with Gasteiger partial charge in [0.15, 0.2) is 0 Å². The average Bonchev–Trinajstić information content (AvgIpc) is 2.33. The van der Waals surface area contributed by atoms with Crippen LogP contribution in [-0.2, 0) is 4.79 Å². The van der Waals surface area contributed by atoms with E-state index in [1.807, 2.05) is 54.6 Å². The molecule has 0 saturated heterocycles. The highest BCUT2D eigenvalue weighted by atomic mass is 16.1. The molecule has 0 fully saturated rings. The zero-order valence-electron chi connectivity index (χ0n) is 9.76. The van der Waals surface area contributed by atoms with Gasteiger partial charge in [-0.2, -0.15) is 0 Å². The summed E-state index contributed by atoms with van der Waals surface area (Å²) in [5, 5.41) is 0. The summed E-state index contributed by atoms with van der Waals surface area (Å²) in [6.45, 7) is 1.62. The van der Waals surface area contributed by atoms with Crippen LogP contribution >= 0.6 is 0 Å². The Bertz CT molecular complexity index is 502. The second kappa shape index (κ2) is 4.83. The molecule has 2 nitrogen and oxygen atoms in total. The quantitative estimate of drug-likeness (QED) is 0.816. The molecule has 0 aliphatic rings. The molecule has 0 aliphatic carbocycles. The predicted molar refractivity (Wildman–Crippen MR) is 69.8 cm³/mol. The van der Waals surface area contributed by atoms with Gasteiger partial charge in [-0.25, -0.2) is 0 Å². The monoisotopic (exact) mass is 225 g/mol. The van der Waals surface area contributed by atoms with Gasteiger partial charge in [0, 0.05) is 5.69 Å². The van der Waals surface area contributed by atoms with Crippen LogP contribution < -0.4 is 5.73 Å². The summed E-state index contributed by atoms with van der Waals surface area (Å²) in [6, 6.07) is 17.3. The molecule has 0 unspecified atom stereocenters. The molecular formula is C15H15NO. The molecule has 2 N–H and O–H groups in total. The van der Waals surface area contributed by atoms with Gasteiger partial charge in [0.25, 0.3) is 0 Å². The molecule has 0 radical (unpaired) electrons. The van der Waals surface area contributed by atoms with Gasteiger partial charge in [-0.3, -0.25) is 4.79 Å². The Hall–Kier alpha value is -2.09. The lowest BCUT2D eigenvalue weighted by molar-refractivity contribution is -0.117. The van der Waals surface area contributed by atoms with E-state index < -0.39 is 0 Å². The van der Waals surface area contributed by atoms with Crippen LogP contribution in [0.15, 0.2) is 54.6 Å². The number of rotatable bonds is 3. The van der Waals surface area contributed by atoms with Crippen LogP contribution in [0.1, 0.15) is 24.0 Å². The Morgan fingerprint density at radius 2 is 1.47 bits per heavy atom. The van der Waals surface area contributed by atoms with Gasteiger partial charge in [-0.05, 0) is 30.2 Å². The van der Waals surface area contributed by atoms with Crippen LogP contribution in [0.25, 0.3) is 0 Å². The van der Waals surface area contributed by atoms with Crippen LogP contribution in [-0.4, -0.2) is 5.78 Å². The minimum atomic E-state index is -0.197. The Morgan fingerprint density at radius 1 is 0.941 bits per heavy atom. The molecule has 86 valence electrons. The van der Waals surface area contributed by atoms with Gasteiger partial charge >= 0.3 is 0 Å². The number of carbonyl (C=O) groups is 1. The largest absolute Gasteiger partial charge is 0.399 e. The zero-order chi connectivity index (χ0) is 12.3. The first kappa shape index (κ1) is 11.4. The zero-order valence-corrected chi connectivity index (χ0v) is 9.76. The van der Waals surface area contributed by atoms with E-state index in [0.29, 0.717) is 5.69 Å². The number of hydrogen-bond acceptors (Lipinski definition) is 2. The number of carbonyl (C=O) groups excluding carboxylic acids is 1. The highest BCUT2D eigenvalue weighted by Gasteiger charge is 2.18. The van der Waals surface area contributed by atoms with Gasteiger partial charge in [-0.1, -0.05) is 42.5 Å². The standard InChI is InChI=1S/C15H15NO/c1-11(17)15(12-5-3-2-4-6-12)13-7-9-14(16)10-8-13/h2-10,15H,16H2,1H3/t15-/m1/s1. The van der Waals surface area contributed by atoms with Crippen LogP contribution in [0.2, 0.25) is 0 Å². The maximum absolute atomic E-state index is 11.8. The summed E-state index contributed by atoms with van der Waals surface area (Å²) in [5.41, 5.74) is 8.37. The van der Waals surface area contributed by atoms with Crippen molar-refractivity contribution in [2.24, 2.45) is 0 Å². The molecule has 0 bridgehead atoms. The molecule has 0 heterocycles. The third-order valence-electron chi connectivity index (χ3n) is 2.81. The molecule has 2 aromatic rings. The van der Waals surface area contributed by atoms with Crippen LogP contribution in [0.3, 0.4) is 0 Å². The van der Waals surface area contributed by atoms with E-state index in [4.69, 9.17) is 5.73 Å². The van der Waals surface area contributed by atoms with Gasteiger partial charge in [0.05, 0.1) is 5.92 Å². The lowest BCUT2D eigenvalue weighted by Gasteiger charge is -2.14. The van der Waals surface area contributed by atoms with Gasteiger partial charge in [0.1, 0.15) is 5.78 Å². The molecule has 2 rings (SSSR count). The number of nitrogen functional groups attached to an aromatic ring is 1. The van der Waals surface area contributed by atoms with Crippen molar-refractivity contribution in [1.82, 2.24) is 0 Å². The maximum Gasteiger partial charge on any atom is 0.141 e. The summed E-state index contributed by atoms with van der Waals surface area (Å²) < 4.78 is 0. The summed E-state index contributed by atoms with van der Waals surface area (Å²) in [6.07, 6.45) is 0. The van der Waals surface area contributed by atoms with Crippen molar-refractivity contribution in [3.63, 3.8) is 0 Å². The Kier molecular flexibility index (Phi) is 3.24. The number of ketones is 1. The topological polar surface area (TPSA) is 43.1 Å². The van der Waals surface area contributed by atoms with Crippen LogP contribution in [0, 0.1) is 0 Å². The first-order valence-corrected chi connectivity index (χ1v) is 5.59. The first-order chi connectivity index (χ1) is 8.18. The summed E-state index contributed by atoms with van der Waals surface area (Å²) in [5.74, 6) is -0.0576. The predicted octanol–water partition coefficient (Wildman–Crippen LogP) is 2.99. The molecule has 0 spiro atoms. The first-order valence-electron chi connectivity index (χ1n) is 5.59. The lowest BCUT2D eigenvalue weighted by Crippen LogP contribution is -2.10. The van der Waals surface area contributed by atoms with Crippen molar-refractivity contribution in [1.29, 1.82) is 0 Å². The fraction of sp³-hybridized carbons (Fsp3) is 0.133. The second-order valence-electron chi connectivity index (χ2n) is 4.12. The van der Waals surface area contributed by atoms with Crippen molar-refractivity contribution in [3.05, 3.63) is 65.7 Å². The lowest BCUT2D eigenvalue weighted by atomic mass is 9.88. The fourth-order valence-electron chi connectivity index (χ4n) is 2.00. The normalized spacial score (nSPS) is 12.1. The highest BCUT2D eigenvalue weighted by Crippen LogP contribution is 2.26. The summed E-state index contributed by atoms with van der Waals surface area (Å²) in [7, 11) is 0. The van der Waals surface area contributed by atoms with Crippen molar-refractivity contribution < 1.29 is 4.79 Å². The van der Waals surface area contributed by atoms with Crippen LogP contribution in [0.4, 0.5) is 5.69 Å². The van der Waals surface area contributed by atoms with E-state index in [0.717, 1.165) is 11.1 Å². The van der Waals surface area contributed by atoms with Gasteiger partial charge in [-0.15, -0.1) is 0 Å². The van der Waals surface area contributed by atoms with Crippen molar-refractivity contribution >= 4 is 11.5 Å². The molecule has 0 aliphatic heterocycles. The van der Waals surface area contributed by atoms with Crippen molar-refractivity contribution in [2.45, 2.75) is 12.8 Å². The molecule has 0 saturated carbocycles. The molecule has 2 aromatic carbocycles. The molecule has 0 amide bonds. The molecule has 0 aromatic heterocycles. The molecule has 2 heteroatoms. The van der Waals surface area contributed by atoms with Gasteiger partial charge < -0.3 is 5.73 Å². The molecular weight excluding hydrogens is 210 g/mol. The SMILES string of the molecule is CC(=O)[C@H](c1ccccc1)c1ccc(N)cc1. The number of Topliss-reactive ketones (excluding diaryl/α,β-unsaturated/α-hetero) is 1. The highest BCUT2D eigenvalue weighted by molar-refractivity contribution is 5.87. The summed E-state index contributed by atoms with van der Waals surface area (Å²) >= 11 is 0. The Balaban J connectivity index is 2.43. The van der Waals surface area contributed by atoms with E-state index in [1.54, 1.807) is 6.92 Å². The fourth-order valence-corrected chi connectivity index (χ4v) is 2.00. The third-order valence-corrected chi connectivity index (χ3v) is 2.81. The van der Waals surface area contributed by atoms with E-state index >= 15 is 0 Å². The average molecular weight is 225 g/mol. The Labute approximate surface area is 101 Å². The number of hydrogen-bond donors (Lipinski definition) is 1. The van der Waals surface area contributed by atoms with Gasteiger partial charge in [0.2, 0.25) is 0 Å². The second-order valence-corrected chi connectivity index (χ2v) is 4.12. The smallest absolute Gasteiger partial charge is 0.141 e. The summed E-state index contributed by atoms with van der Waals surface area (Å²) in [4.78, 5) is 11.8. The van der Waals surface area contributed by atoms with Crippen molar-refractivity contribution in [3.8, 4) is 0 Å². The van der Waals surface area contributed by atoms with E-state index in [1.165, 1.54) is 0 Å². The number of benzene rings is 2. The van der Waals surface area contributed by atoms with E-state index in [2.05, 4.69) is 0 Å². The number of anilines is 1. The minimum absolute atomic E-state index is 0.140. The molecule has 17 heavy (non-hydrogen) atoms. The third kappa shape index (κ3) is 2.53. The number of nitrogens with two attached hydrogens (primary N) is 1. The van der Waals surface area contributed by atoms with E-state index in [-0.39, 0.29) is 11.7 Å². The van der Waals surface area contributed by atoms with Crippen LogP contribution in [0.5, 0.6) is 0 Å². The maximum atomic E-state index is 11.8. The molecule has 1 atom stereocenters. The Morgan fingerprint density at radius 3 is 2.00 bits per heavy atom. The minimum Gasteiger partial charge on any atom is -0.399 e.